The molecule has 0 atom stereocenters. The monoisotopic (exact) mass is 895 g/mol. The molecule has 0 saturated carbocycles. The number of furan rings is 1. The number of fused-ring (bicyclic) bond motifs is 5. The summed E-state index contributed by atoms with van der Waals surface area (Å²) in [4.78, 5) is 8.83. The summed E-state index contributed by atoms with van der Waals surface area (Å²) in [6.45, 7) is 5.96. The molecule has 0 amide bonds. The molecule has 0 unspecified atom stereocenters. The van der Waals surface area contributed by atoms with Gasteiger partial charge in [0.1, 0.15) is 5.58 Å². The average molecular weight is 895 g/mol. The molecule has 3 nitrogen and oxygen atoms in total. The van der Waals surface area contributed by atoms with Crippen molar-refractivity contribution < 1.29 is 38.2 Å². The third-order valence-electron chi connectivity index (χ3n) is 8.58. The summed E-state index contributed by atoms with van der Waals surface area (Å²) < 4.78 is 88.4. The molecular weight excluding hydrogens is 837 g/mol. The molecule has 0 aliphatic carbocycles. The Kier molecular flexibility index (Phi) is 8.11. The fourth-order valence-electron chi connectivity index (χ4n) is 6.34. The van der Waals surface area contributed by atoms with E-state index in [4.69, 9.17) is 18.1 Å². The molecule has 8 rings (SSSR count). The summed E-state index contributed by atoms with van der Waals surface area (Å²) >= 11 is 0. The molecule has 275 valence electrons. The first-order valence-corrected chi connectivity index (χ1v) is 17.7. The van der Waals surface area contributed by atoms with Crippen molar-refractivity contribution >= 4 is 32.7 Å². The Morgan fingerprint density at radius 2 is 1.43 bits per heavy atom. The summed E-state index contributed by atoms with van der Waals surface area (Å²) in [5.41, 5.74) is 4.18. The Morgan fingerprint density at radius 1 is 0.685 bits per heavy atom. The van der Waals surface area contributed by atoms with E-state index in [1.807, 2.05) is 81.4 Å². The van der Waals surface area contributed by atoms with Gasteiger partial charge < -0.3 is 14.4 Å². The van der Waals surface area contributed by atoms with E-state index in [0.717, 1.165) is 38.3 Å². The number of hydrogen-bond acceptors (Lipinski definition) is 3. The predicted molar refractivity (Wildman–Crippen MR) is 223 cm³/mol. The Bertz CT molecular complexity index is 2960. The van der Waals surface area contributed by atoms with Crippen LogP contribution in [0.15, 0.2) is 126 Å². The maximum Gasteiger partial charge on any atom is 0.128 e. The normalized spacial score (nSPS) is 15.4. The Labute approximate surface area is 348 Å². The zero-order chi connectivity index (χ0) is 45.9. The predicted octanol–water partition coefficient (Wildman–Crippen LogP) is 13.6. The van der Waals surface area contributed by atoms with Crippen LogP contribution < -0.4 is 0 Å². The van der Waals surface area contributed by atoms with Gasteiger partial charge in [-0.1, -0.05) is 155 Å². The van der Waals surface area contributed by atoms with Gasteiger partial charge in [-0.3, -0.25) is 0 Å². The maximum absolute atomic E-state index is 8.70. The van der Waals surface area contributed by atoms with Crippen molar-refractivity contribution in [2.75, 3.05) is 0 Å². The molecule has 3 aromatic heterocycles. The van der Waals surface area contributed by atoms with E-state index in [0.29, 0.717) is 33.6 Å². The summed E-state index contributed by atoms with van der Waals surface area (Å²) in [6, 6.07) is 39.7. The molecule has 4 heteroatoms. The molecule has 3 heterocycles. The Hall–Kier alpha value is -4.89. The van der Waals surface area contributed by atoms with Crippen LogP contribution in [-0.2, 0) is 32.9 Å². The van der Waals surface area contributed by atoms with Crippen LogP contribution in [0.3, 0.4) is 0 Å². The molecule has 0 bridgehead atoms. The first-order chi connectivity index (χ1) is 29.3. The number of hydrogen-bond donors (Lipinski definition) is 0. The molecule has 1 radical (unpaired) electrons. The summed E-state index contributed by atoms with van der Waals surface area (Å²) in [6.07, 6.45) is -0.605. The van der Waals surface area contributed by atoms with Gasteiger partial charge in [0.25, 0.3) is 0 Å². The maximum atomic E-state index is 8.70. The van der Waals surface area contributed by atoms with Crippen molar-refractivity contribution in [3.05, 3.63) is 156 Å². The van der Waals surface area contributed by atoms with Crippen LogP contribution in [0.2, 0.25) is 0 Å². The molecule has 5 aromatic carbocycles. The molecule has 54 heavy (non-hydrogen) atoms. The first kappa shape index (κ1) is 27.7. The van der Waals surface area contributed by atoms with Crippen LogP contribution in [0, 0.1) is 36.7 Å². The molecular formula is C50H48IrN2O-2. The SMILES string of the molecule is [2H]C([2H])([2H])c1c[c-]c(-c2cc(C([2H])([2H])C(C)(C)C)c(C([2H])([2H])[2H])cn2)cc1-c1ccccc1.[2H]C([2H])(c1ccnc(-c2[c-]ccc3c2oc2c4ccccc4ccc32)c1)C(C)(C)C.[Ir]. The van der Waals surface area contributed by atoms with Gasteiger partial charge in [0.05, 0.1) is 5.58 Å². The van der Waals surface area contributed by atoms with Gasteiger partial charge in [0.2, 0.25) is 0 Å². The smallest absolute Gasteiger partial charge is 0.128 e. The number of pyridine rings is 2. The molecule has 8 aromatic rings. The number of rotatable bonds is 5. The van der Waals surface area contributed by atoms with Crippen LogP contribution >= 0.6 is 0 Å². The van der Waals surface area contributed by atoms with Crippen LogP contribution in [0.4, 0.5) is 0 Å². The van der Waals surface area contributed by atoms with Crippen molar-refractivity contribution in [1.82, 2.24) is 9.97 Å². The van der Waals surface area contributed by atoms with Crippen LogP contribution in [0.5, 0.6) is 0 Å². The molecule has 0 N–H and O–H groups in total. The van der Waals surface area contributed by atoms with Crippen LogP contribution in [-0.4, -0.2) is 9.97 Å². The third kappa shape index (κ3) is 8.73. The zero-order valence-corrected chi connectivity index (χ0v) is 33.6. The average Bonchev–Trinajstić information content (AvgIpc) is 3.62. The van der Waals surface area contributed by atoms with Crippen molar-refractivity contribution in [1.29, 1.82) is 0 Å². The quantitative estimate of drug-likeness (QED) is 0.162. The molecule has 0 aliphatic rings. The van der Waals surface area contributed by atoms with Crippen LogP contribution in [0.25, 0.3) is 66.4 Å². The largest absolute Gasteiger partial charge is 0.500 e. The van der Waals surface area contributed by atoms with Gasteiger partial charge in [0.15, 0.2) is 0 Å². The second kappa shape index (κ2) is 15.8. The zero-order valence-electron chi connectivity index (χ0n) is 41.2. The standard InChI is InChI=1S/C26H22NO.C24H26N.Ir/c1-26(2,3)16-17-13-14-27-23(15-17)22-10-6-9-20-21-12-11-18-7-4-5-8-19(18)24(21)28-25(20)22;1-17-11-12-20(13-22(17)19-9-7-6-8-10-19)23-14-21(15-24(3,4)5)18(2)16-25-23;/h4-9,11-15H,16H2,1-3H3;6-11,13-14,16H,15H2,1-5H3;/q2*-1;/i16D2;1D3,2D3,15D2;. The van der Waals surface area contributed by atoms with Crippen molar-refractivity contribution in [3.63, 3.8) is 0 Å². The number of aryl methyl sites for hydroxylation is 2. The van der Waals surface area contributed by atoms with E-state index in [1.165, 1.54) is 18.3 Å². The van der Waals surface area contributed by atoms with Gasteiger partial charge in [0, 0.05) is 57.0 Å². The molecule has 0 saturated heterocycles. The molecule has 0 spiro atoms. The minimum atomic E-state index is -2.54. The van der Waals surface area contributed by atoms with E-state index in [9.17, 15) is 0 Å². The van der Waals surface area contributed by atoms with Gasteiger partial charge in [-0.15, -0.1) is 47.5 Å². The number of benzene rings is 5. The van der Waals surface area contributed by atoms with Crippen LogP contribution in [0.1, 0.15) is 77.5 Å². The second-order valence-corrected chi connectivity index (χ2v) is 15.2. The van der Waals surface area contributed by atoms with E-state index in [-0.39, 0.29) is 36.8 Å². The summed E-state index contributed by atoms with van der Waals surface area (Å²) in [7, 11) is 0. The second-order valence-electron chi connectivity index (χ2n) is 15.2. The fourth-order valence-corrected chi connectivity index (χ4v) is 6.34. The Morgan fingerprint density at radius 3 is 2.19 bits per heavy atom. The van der Waals surface area contributed by atoms with Crippen molar-refractivity contribution in [2.24, 2.45) is 10.8 Å². The van der Waals surface area contributed by atoms with E-state index < -0.39 is 37.3 Å². The number of aromatic nitrogens is 2. The molecule has 0 aliphatic heterocycles. The topological polar surface area (TPSA) is 38.9 Å². The Balaban J connectivity index is 0.000000210. The number of nitrogens with zero attached hydrogens (tertiary/aromatic N) is 2. The van der Waals surface area contributed by atoms with Gasteiger partial charge in [-0.2, -0.15) is 0 Å². The van der Waals surface area contributed by atoms with Gasteiger partial charge in [-0.25, -0.2) is 0 Å². The van der Waals surface area contributed by atoms with E-state index in [1.54, 1.807) is 39.1 Å². The summed E-state index contributed by atoms with van der Waals surface area (Å²) in [5.74, 6) is 0. The fraction of sp³-hybridized carbons (Fsp3) is 0.240. The molecule has 0 fully saturated rings. The summed E-state index contributed by atoms with van der Waals surface area (Å²) in [5, 5.41) is 4.27. The third-order valence-corrected chi connectivity index (χ3v) is 8.58. The van der Waals surface area contributed by atoms with E-state index >= 15 is 0 Å². The minimum absolute atomic E-state index is 0. The van der Waals surface area contributed by atoms with Crippen molar-refractivity contribution in [2.45, 2.75) is 68.0 Å². The minimum Gasteiger partial charge on any atom is -0.500 e. The first-order valence-electron chi connectivity index (χ1n) is 22.7. The van der Waals surface area contributed by atoms with Gasteiger partial charge in [-0.05, 0) is 64.4 Å². The van der Waals surface area contributed by atoms with Crippen molar-refractivity contribution in [3.8, 4) is 33.6 Å². The van der Waals surface area contributed by atoms with Gasteiger partial charge >= 0.3 is 0 Å². The van der Waals surface area contributed by atoms with E-state index in [2.05, 4.69) is 46.4 Å².